The number of rotatable bonds is 2. The Kier molecular flexibility index (Phi) is 3.45. The van der Waals surface area contributed by atoms with Gasteiger partial charge in [-0.15, -0.1) is 22.7 Å². The number of carbonyl (C=O) groups is 1. The van der Waals surface area contributed by atoms with Crippen LogP contribution in [0.4, 0.5) is 5.69 Å². The molecule has 1 amide bonds. The van der Waals surface area contributed by atoms with Crippen LogP contribution >= 0.6 is 45.9 Å². The summed E-state index contributed by atoms with van der Waals surface area (Å²) >= 11 is 14.5. The lowest BCUT2D eigenvalue weighted by Gasteiger charge is -2.05. The Hall–Kier alpha value is -1.14. The average Bonchev–Trinajstić information content (AvgIpc) is 3.01. The number of fused-ring (bicyclic) bond motifs is 1. The minimum atomic E-state index is -0.186. The first-order valence-electron chi connectivity index (χ1n) is 5.23. The Morgan fingerprint density at radius 3 is 2.79 bits per heavy atom. The molecule has 2 aromatic heterocycles. The predicted octanol–water partition coefficient (Wildman–Crippen LogP) is 4.92. The lowest BCUT2D eigenvalue weighted by atomic mass is 10.3. The van der Waals surface area contributed by atoms with Crippen LogP contribution in [0.5, 0.6) is 0 Å². The fourth-order valence-corrected chi connectivity index (χ4v) is 3.62. The highest BCUT2D eigenvalue weighted by atomic mass is 35.5. The van der Waals surface area contributed by atoms with Gasteiger partial charge in [-0.05, 0) is 24.3 Å². The predicted molar refractivity (Wildman–Crippen MR) is 81.9 cm³/mol. The molecule has 2 heterocycles. The molecule has 0 aliphatic carbocycles. The van der Waals surface area contributed by atoms with E-state index in [2.05, 4.69) is 10.3 Å². The van der Waals surface area contributed by atoms with E-state index in [1.54, 1.807) is 29.8 Å². The lowest BCUT2D eigenvalue weighted by Crippen LogP contribution is -2.10. The van der Waals surface area contributed by atoms with Crippen LogP contribution in [0.25, 0.3) is 10.2 Å². The van der Waals surface area contributed by atoms with Gasteiger partial charge in [0.2, 0.25) is 0 Å². The van der Waals surface area contributed by atoms with E-state index in [4.69, 9.17) is 23.2 Å². The van der Waals surface area contributed by atoms with Crippen molar-refractivity contribution < 1.29 is 4.79 Å². The van der Waals surface area contributed by atoms with E-state index in [1.165, 1.54) is 22.7 Å². The van der Waals surface area contributed by atoms with Crippen LogP contribution in [0.1, 0.15) is 9.67 Å². The van der Waals surface area contributed by atoms with Crippen LogP contribution in [0.3, 0.4) is 0 Å². The first kappa shape index (κ1) is 12.9. The highest BCUT2D eigenvalue weighted by molar-refractivity contribution is 7.18. The number of halogens is 2. The topological polar surface area (TPSA) is 42.0 Å². The summed E-state index contributed by atoms with van der Waals surface area (Å²) in [4.78, 5) is 16.8. The van der Waals surface area contributed by atoms with Crippen molar-refractivity contribution >= 4 is 67.7 Å². The molecular weight excluding hydrogens is 323 g/mol. The third-order valence-electron chi connectivity index (χ3n) is 2.48. The molecule has 96 valence electrons. The number of nitrogens with one attached hydrogen (secondary N) is 1. The Morgan fingerprint density at radius 2 is 2.05 bits per heavy atom. The van der Waals surface area contributed by atoms with Crippen molar-refractivity contribution in [2.45, 2.75) is 0 Å². The molecule has 0 unspecified atom stereocenters. The fourth-order valence-electron chi connectivity index (χ4n) is 1.64. The Labute approximate surface area is 126 Å². The monoisotopic (exact) mass is 328 g/mol. The van der Waals surface area contributed by atoms with Crippen molar-refractivity contribution in [3.63, 3.8) is 0 Å². The number of carbonyl (C=O) groups excluding carboxylic acids is 1. The van der Waals surface area contributed by atoms with Gasteiger partial charge in [-0.25, -0.2) is 4.98 Å². The van der Waals surface area contributed by atoms with Crippen molar-refractivity contribution in [2.24, 2.45) is 0 Å². The number of aromatic nitrogens is 1. The van der Waals surface area contributed by atoms with Crippen LogP contribution < -0.4 is 5.32 Å². The van der Waals surface area contributed by atoms with Crippen molar-refractivity contribution in [2.75, 3.05) is 5.32 Å². The van der Waals surface area contributed by atoms with E-state index >= 15 is 0 Å². The normalized spacial score (nSPS) is 10.8. The molecule has 7 heteroatoms. The Balaban J connectivity index is 1.95. The van der Waals surface area contributed by atoms with Gasteiger partial charge < -0.3 is 5.32 Å². The van der Waals surface area contributed by atoms with Gasteiger partial charge in [0.25, 0.3) is 5.91 Å². The summed E-state index contributed by atoms with van der Waals surface area (Å²) in [5, 5.41) is 3.43. The zero-order valence-electron chi connectivity index (χ0n) is 9.31. The standard InChI is InChI=1S/C12H6Cl2N2OS2/c13-6-1-2-7(11-10(6)15-5-18-11)16-12(17)8-3-4-9(14)19-8/h1-5H,(H,16,17). The maximum Gasteiger partial charge on any atom is 0.265 e. The molecule has 3 rings (SSSR count). The quantitative estimate of drug-likeness (QED) is 0.725. The summed E-state index contributed by atoms with van der Waals surface area (Å²) in [6.07, 6.45) is 0. The maximum atomic E-state index is 12.1. The molecule has 0 saturated carbocycles. The minimum Gasteiger partial charge on any atom is -0.320 e. The van der Waals surface area contributed by atoms with Crippen LogP contribution in [-0.4, -0.2) is 10.9 Å². The first-order valence-corrected chi connectivity index (χ1v) is 7.69. The molecule has 0 spiro atoms. The van der Waals surface area contributed by atoms with Gasteiger partial charge >= 0.3 is 0 Å². The Morgan fingerprint density at radius 1 is 1.21 bits per heavy atom. The van der Waals surface area contributed by atoms with Gasteiger partial charge in [-0.2, -0.15) is 0 Å². The first-order chi connectivity index (χ1) is 9.15. The summed E-state index contributed by atoms with van der Waals surface area (Å²) in [6, 6.07) is 6.89. The zero-order chi connectivity index (χ0) is 13.4. The summed E-state index contributed by atoms with van der Waals surface area (Å²) in [5.41, 5.74) is 3.11. The number of amides is 1. The average molecular weight is 329 g/mol. The summed E-state index contributed by atoms with van der Waals surface area (Å²) in [6.45, 7) is 0. The molecule has 1 aromatic carbocycles. The van der Waals surface area contributed by atoms with Crippen LogP contribution in [-0.2, 0) is 0 Å². The molecule has 3 nitrogen and oxygen atoms in total. The van der Waals surface area contributed by atoms with Gasteiger partial charge in [0.1, 0.15) is 5.52 Å². The van der Waals surface area contributed by atoms with Crippen molar-refractivity contribution in [3.05, 3.63) is 44.0 Å². The molecule has 0 fully saturated rings. The molecule has 1 N–H and O–H groups in total. The molecular formula is C12H6Cl2N2OS2. The number of hydrogen-bond acceptors (Lipinski definition) is 4. The molecule has 0 atom stereocenters. The smallest absolute Gasteiger partial charge is 0.265 e. The van der Waals surface area contributed by atoms with Crippen LogP contribution in [0.2, 0.25) is 9.36 Å². The second-order valence-electron chi connectivity index (χ2n) is 3.68. The van der Waals surface area contributed by atoms with Crippen molar-refractivity contribution in [1.29, 1.82) is 0 Å². The number of thiazole rings is 1. The lowest BCUT2D eigenvalue weighted by molar-refractivity contribution is 0.103. The van der Waals surface area contributed by atoms with E-state index in [1.807, 2.05) is 0 Å². The summed E-state index contributed by atoms with van der Waals surface area (Å²) in [7, 11) is 0. The van der Waals surface area contributed by atoms with Crippen LogP contribution in [0, 0.1) is 0 Å². The molecule has 0 radical (unpaired) electrons. The third kappa shape index (κ3) is 2.47. The van der Waals surface area contributed by atoms with Crippen LogP contribution in [0.15, 0.2) is 29.8 Å². The fraction of sp³-hybridized carbons (Fsp3) is 0. The molecule has 0 saturated heterocycles. The summed E-state index contributed by atoms with van der Waals surface area (Å²) < 4.78 is 1.45. The summed E-state index contributed by atoms with van der Waals surface area (Å²) in [5.74, 6) is -0.186. The van der Waals surface area contributed by atoms with E-state index in [-0.39, 0.29) is 5.91 Å². The number of thiophene rings is 1. The third-order valence-corrected chi connectivity index (χ3v) is 4.87. The van der Waals surface area contributed by atoms with E-state index in [0.717, 1.165) is 4.70 Å². The van der Waals surface area contributed by atoms with E-state index in [9.17, 15) is 4.79 Å². The Bertz CT molecular complexity index is 766. The largest absolute Gasteiger partial charge is 0.320 e. The zero-order valence-corrected chi connectivity index (χ0v) is 12.5. The molecule has 3 aromatic rings. The van der Waals surface area contributed by atoms with Gasteiger partial charge in [-0.1, -0.05) is 23.2 Å². The van der Waals surface area contributed by atoms with Gasteiger partial charge in [0.05, 0.1) is 30.1 Å². The number of hydrogen-bond donors (Lipinski definition) is 1. The molecule has 0 aliphatic rings. The number of anilines is 1. The number of benzene rings is 1. The van der Waals surface area contributed by atoms with E-state index < -0.39 is 0 Å². The molecule has 19 heavy (non-hydrogen) atoms. The minimum absolute atomic E-state index is 0.186. The van der Waals surface area contributed by atoms with Gasteiger partial charge in [0, 0.05) is 0 Å². The highest BCUT2D eigenvalue weighted by Gasteiger charge is 2.13. The highest BCUT2D eigenvalue weighted by Crippen LogP contribution is 2.32. The second-order valence-corrected chi connectivity index (χ2v) is 6.66. The molecule has 0 aliphatic heterocycles. The van der Waals surface area contributed by atoms with Gasteiger partial charge in [0.15, 0.2) is 0 Å². The SMILES string of the molecule is O=C(Nc1ccc(Cl)c2ncsc12)c1ccc(Cl)s1. The van der Waals surface area contributed by atoms with Gasteiger partial charge in [-0.3, -0.25) is 4.79 Å². The van der Waals surface area contributed by atoms with E-state index in [0.29, 0.717) is 25.4 Å². The number of nitrogens with zero attached hydrogens (tertiary/aromatic N) is 1. The van der Waals surface area contributed by atoms with Crippen molar-refractivity contribution in [1.82, 2.24) is 4.98 Å². The molecule has 0 bridgehead atoms. The van der Waals surface area contributed by atoms with Crippen molar-refractivity contribution in [3.8, 4) is 0 Å². The second kappa shape index (κ2) is 5.09. The maximum absolute atomic E-state index is 12.1.